The van der Waals surface area contributed by atoms with Gasteiger partial charge in [0.1, 0.15) is 0 Å². The van der Waals surface area contributed by atoms with Crippen LogP contribution in [0.3, 0.4) is 0 Å². The fourth-order valence-corrected chi connectivity index (χ4v) is 1.42. The lowest BCUT2D eigenvalue weighted by molar-refractivity contribution is 0.216. The molecule has 0 aromatic rings. The molecule has 1 saturated heterocycles. The van der Waals surface area contributed by atoms with E-state index in [0.29, 0.717) is 6.04 Å². The Morgan fingerprint density at radius 2 is 2.30 bits per heavy atom. The minimum atomic E-state index is 0.628. The van der Waals surface area contributed by atoms with Crippen molar-refractivity contribution in [2.24, 2.45) is 0 Å². The maximum Gasteiger partial charge on any atom is 0.0235 e. The van der Waals surface area contributed by atoms with Gasteiger partial charge in [-0.3, -0.25) is 0 Å². The molecule has 2 N–H and O–H groups in total. The topological polar surface area (TPSA) is 24.1 Å². The first-order valence-electron chi connectivity index (χ1n) is 4.21. The summed E-state index contributed by atoms with van der Waals surface area (Å²) in [5.74, 6) is 0. The molecular weight excluding hydrogens is 124 g/mol. The maximum atomic E-state index is 3.52. The van der Waals surface area contributed by atoms with E-state index in [1.807, 2.05) is 7.05 Å². The smallest absolute Gasteiger partial charge is 0.0235 e. The first kappa shape index (κ1) is 8.02. The van der Waals surface area contributed by atoms with Gasteiger partial charge < -0.3 is 10.6 Å². The predicted molar refractivity (Wildman–Crippen MR) is 44.1 cm³/mol. The number of hydrogen-bond donors (Lipinski definition) is 2. The number of likely N-dealkylation sites (N-methyl/N-ethyl adjacent to an activating group) is 1. The second-order valence-corrected chi connectivity index (χ2v) is 3.19. The number of hydrogen-bond acceptors (Lipinski definition) is 2. The van der Waals surface area contributed by atoms with Crippen molar-refractivity contribution in [2.75, 3.05) is 7.05 Å². The van der Waals surface area contributed by atoms with E-state index in [9.17, 15) is 0 Å². The van der Waals surface area contributed by atoms with Crippen molar-refractivity contribution in [1.29, 1.82) is 0 Å². The monoisotopic (exact) mass is 142 g/mol. The van der Waals surface area contributed by atoms with Gasteiger partial charge in [0.15, 0.2) is 0 Å². The lowest BCUT2D eigenvalue weighted by Crippen LogP contribution is -2.59. The van der Waals surface area contributed by atoms with Gasteiger partial charge in [0.25, 0.3) is 0 Å². The molecule has 3 atom stereocenters. The summed E-state index contributed by atoms with van der Waals surface area (Å²) in [6, 6.07) is 2.14. The van der Waals surface area contributed by atoms with E-state index < -0.39 is 0 Å². The molecule has 0 bridgehead atoms. The molecule has 0 aromatic carbocycles. The number of nitrogens with one attached hydrogen (secondary N) is 2. The molecule has 10 heavy (non-hydrogen) atoms. The Balaban J connectivity index is 2.13. The third-order valence-electron chi connectivity index (χ3n) is 2.54. The average Bonchev–Trinajstić information content (AvgIpc) is 1.85. The highest BCUT2D eigenvalue weighted by Gasteiger charge is 2.29. The van der Waals surface area contributed by atoms with E-state index in [2.05, 4.69) is 24.5 Å². The first-order chi connectivity index (χ1) is 4.77. The van der Waals surface area contributed by atoms with Gasteiger partial charge in [-0.05, 0) is 26.8 Å². The molecule has 1 aliphatic heterocycles. The van der Waals surface area contributed by atoms with Crippen LogP contribution in [0.15, 0.2) is 0 Å². The first-order valence-corrected chi connectivity index (χ1v) is 4.21. The standard InChI is InChI=1S/C8H18N2/c1-4-7-5-8(10-7)6(2)9-3/h6-10H,4-5H2,1-3H3. The van der Waals surface area contributed by atoms with Crippen molar-refractivity contribution in [3.63, 3.8) is 0 Å². The van der Waals surface area contributed by atoms with Gasteiger partial charge in [0, 0.05) is 18.1 Å². The largest absolute Gasteiger partial charge is 0.316 e. The quantitative estimate of drug-likeness (QED) is 0.607. The highest BCUT2D eigenvalue weighted by molar-refractivity contribution is 4.92. The summed E-state index contributed by atoms with van der Waals surface area (Å²) in [6.45, 7) is 4.46. The van der Waals surface area contributed by atoms with E-state index in [1.54, 1.807) is 0 Å². The van der Waals surface area contributed by atoms with Crippen molar-refractivity contribution in [3.8, 4) is 0 Å². The molecule has 0 amide bonds. The number of rotatable bonds is 3. The maximum absolute atomic E-state index is 3.52. The molecule has 0 aliphatic carbocycles. The van der Waals surface area contributed by atoms with E-state index in [-0.39, 0.29) is 0 Å². The summed E-state index contributed by atoms with van der Waals surface area (Å²) in [5, 5.41) is 6.77. The zero-order chi connectivity index (χ0) is 7.56. The Labute approximate surface area is 63.4 Å². The van der Waals surface area contributed by atoms with Crippen LogP contribution in [-0.4, -0.2) is 25.2 Å². The normalized spacial score (nSPS) is 35.1. The van der Waals surface area contributed by atoms with Gasteiger partial charge >= 0.3 is 0 Å². The Morgan fingerprint density at radius 1 is 1.70 bits per heavy atom. The third-order valence-corrected chi connectivity index (χ3v) is 2.54. The van der Waals surface area contributed by atoms with Gasteiger partial charge in [-0.1, -0.05) is 6.92 Å². The fourth-order valence-electron chi connectivity index (χ4n) is 1.42. The van der Waals surface area contributed by atoms with Crippen molar-refractivity contribution in [2.45, 2.75) is 44.8 Å². The molecule has 1 aliphatic rings. The summed E-state index contributed by atoms with van der Waals surface area (Å²) in [4.78, 5) is 0. The third kappa shape index (κ3) is 1.50. The van der Waals surface area contributed by atoms with Gasteiger partial charge in [-0.2, -0.15) is 0 Å². The molecule has 0 radical (unpaired) electrons. The van der Waals surface area contributed by atoms with Crippen LogP contribution in [0, 0.1) is 0 Å². The summed E-state index contributed by atoms with van der Waals surface area (Å²) in [7, 11) is 2.02. The van der Waals surface area contributed by atoms with E-state index in [0.717, 1.165) is 12.1 Å². The lowest BCUT2D eigenvalue weighted by Gasteiger charge is -2.40. The molecule has 0 spiro atoms. The minimum absolute atomic E-state index is 0.628. The Bertz CT molecular complexity index is 97.4. The second-order valence-electron chi connectivity index (χ2n) is 3.19. The molecule has 0 saturated carbocycles. The fraction of sp³-hybridized carbons (Fsp3) is 1.00. The van der Waals surface area contributed by atoms with E-state index in [1.165, 1.54) is 12.8 Å². The summed E-state index contributed by atoms with van der Waals surface area (Å²) in [5.41, 5.74) is 0. The van der Waals surface area contributed by atoms with E-state index in [4.69, 9.17) is 0 Å². The van der Waals surface area contributed by atoms with Crippen LogP contribution in [0.1, 0.15) is 26.7 Å². The van der Waals surface area contributed by atoms with Crippen LogP contribution in [0.5, 0.6) is 0 Å². The van der Waals surface area contributed by atoms with Crippen LogP contribution >= 0.6 is 0 Å². The minimum Gasteiger partial charge on any atom is -0.316 e. The molecule has 1 heterocycles. The zero-order valence-corrected chi connectivity index (χ0v) is 7.15. The molecule has 2 heteroatoms. The van der Waals surface area contributed by atoms with Crippen molar-refractivity contribution < 1.29 is 0 Å². The van der Waals surface area contributed by atoms with Gasteiger partial charge in [0.05, 0.1) is 0 Å². The van der Waals surface area contributed by atoms with Gasteiger partial charge in [-0.25, -0.2) is 0 Å². The lowest BCUT2D eigenvalue weighted by atomic mass is 9.90. The summed E-state index contributed by atoms with van der Waals surface area (Å²) in [6.07, 6.45) is 2.62. The molecule has 60 valence electrons. The SMILES string of the molecule is CCC1CC(C(C)NC)N1. The molecule has 0 aromatic heterocycles. The van der Waals surface area contributed by atoms with Crippen LogP contribution in [-0.2, 0) is 0 Å². The molecule has 1 rings (SSSR count). The van der Waals surface area contributed by atoms with Gasteiger partial charge in [0.2, 0.25) is 0 Å². The summed E-state index contributed by atoms with van der Waals surface area (Å²) >= 11 is 0. The van der Waals surface area contributed by atoms with Gasteiger partial charge in [-0.15, -0.1) is 0 Å². The van der Waals surface area contributed by atoms with Crippen molar-refractivity contribution in [3.05, 3.63) is 0 Å². The van der Waals surface area contributed by atoms with Crippen molar-refractivity contribution >= 4 is 0 Å². The predicted octanol–water partition coefficient (Wildman–Crippen LogP) is 0.735. The Kier molecular flexibility index (Phi) is 2.69. The van der Waals surface area contributed by atoms with E-state index >= 15 is 0 Å². The van der Waals surface area contributed by atoms with Crippen LogP contribution in [0.25, 0.3) is 0 Å². The van der Waals surface area contributed by atoms with Crippen LogP contribution in [0.2, 0.25) is 0 Å². The van der Waals surface area contributed by atoms with Crippen molar-refractivity contribution in [1.82, 2.24) is 10.6 Å². The van der Waals surface area contributed by atoms with Crippen LogP contribution < -0.4 is 10.6 Å². The average molecular weight is 142 g/mol. The highest BCUT2D eigenvalue weighted by atomic mass is 15.1. The summed E-state index contributed by atoms with van der Waals surface area (Å²) < 4.78 is 0. The van der Waals surface area contributed by atoms with Crippen LogP contribution in [0.4, 0.5) is 0 Å². The highest BCUT2D eigenvalue weighted by Crippen LogP contribution is 2.16. The zero-order valence-electron chi connectivity index (χ0n) is 7.15. The molecule has 3 unspecified atom stereocenters. The molecular formula is C8H18N2. The molecule has 1 fully saturated rings. The Morgan fingerprint density at radius 3 is 2.70 bits per heavy atom. The Hall–Kier alpha value is -0.0800. The molecule has 2 nitrogen and oxygen atoms in total. The second kappa shape index (κ2) is 3.35.